The number of nitriles is 1. The highest BCUT2D eigenvalue weighted by Crippen LogP contribution is 1.77. The predicted molar refractivity (Wildman–Crippen MR) is 50.9 cm³/mol. The Hall–Kier alpha value is -0.630. The molecule has 0 saturated heterocycles. The van der Waals surface area contributed by atoms with E-state index in [1.54, 1.807) is 0 Å². The van der Waals surface area contributed by atoms with Crippen molar-refractivity contribution in [2.24, 2.45) is 17.2 Å². The first-order valence-electron chi connectivity index (χ1n) is 3.52. The van der Waals surface area contributed by atoms with Gasteiger partial charge >= 0.3 is 0 Å². The van der Waals surface area contributed by atoms with Gasteiger partial charge in [-0.3, -0.25) is 0 Å². The van der Waals surface area contributed by atoms with Gasteiger partial charge < -0.3 is 17.2 Å². The van der Waals surface area contributed by atoms with Crippen molar-refractivity contribution < 1.29 is 0 Å². The minimum Gasteiger partial charge on any atom is -0.333 e. The molecule has 0 amide bonds. The molecular formula is C7H22N4. The summed E-state index contributed by atoms with van der Waals surface area (Å²) in [6.45, 7) is 1.99. The summed E-state index contributed by atoms with van der Waals surface area (Å²) in [7, 11) is 4.50. The molecule has 0 aromatic carbocycles. The third kappa shape index (κ3) is 271. The van der Waals surface area contributed by atoms with Gasteiger partial charge in [0.05, 0.1) is 6.07 Å². The fourth-order valence-electron chi connectivity index (χ4n) is 0.112. The summed E-state index contributed by atoms with van der Waals surface area (Å²) in [4.78, 5) is 0. The molecule has 11 heavy (non-hydrogen) atoms. The molecule has 0 aromatic heterocycles. The molecule has 0 aliphatic carbocycles. The molecule has 0 aliphatic rings. The molecule has 70 valence electrons. The molecule has 0 saturated carbocycles. The maximum absolute atomic E-state index is 7.82. The molecular weight excluding hydrogens is 140 g/mol. The Morgan fingerprint density at radius 2 is 1.27 bits per heavy atom. The Bertz CT molecular complexity index is 48.9. The second-order valence-electron chi connectivity index (χ2n) is 0.908. The van der Waals surface area contributed by atoms with Gasteiger partial charge in [0.25, 0.3) is 0 Å². The maximum Gasteiger partial charge on any atom is 0.0621 e. The Morgan fingerprint density at radius 3 is 1.27 bits per heavy atom. The van der Waals surface area contributed by atoms with Crippen LogP contribution in [0.3, 0.4) is 0 Å². The van der Waals surface area contributed by atoms with E-state index < -0.39 is 0 Å². The fraction of sp³-hybridized carbons (Fsp3) is 0.857. The lowest BCUT2D eigenvalue weighted by molar-refractivity contribution is 0.969. The summed E-state index contributed by atoms with van der Waals surface area (Å²) in [6.07, 6.45) is 1.68. The van der Waals surface area contributed by atoms with E-state index in [0.717, 1.165) is 6.42 Å². The van der Waals surface area contributed by atoms with Crippen molar-refractivity contribution in [2.75, 3.05) is 21.1 Å². The highest BCUT2D eigenvalue weighted by atomic mass is 14.4. The first kappa shape index (κ1) is 22.4. The molecule has 0 unspecified atom stereocenters. The van der Waals surface area contributed by atoms with Crippen LogP contribution in [-0.2, 0) is 0 Å². The van der Waals surface area contributed by atoms with E-state index in [9.17, 15) is 0 Å². The Balaban J connectivity index is -0.0000000350. The summed E-state index contributed by atoms with van der Waals surface area (Å²) in [6, 6.07) is 2.02. The van der Waals surface area contributed by atoms with Gasteiger partial charge in [-0.25, -0.2) is 0 Å². The summed E-state index contributed by atoms with van der Waals surface area (Å²) >= 11 is 0. The van der Waals surface area contributed by atoms with E-state index in [1.165, 1.54) is 21.1 Å². The van der Waals surface area contributed by atoms with E-state index in [0.29, 0.717) is 6.42 Å². The number of hydrogen-bond acceptors (Lipinski definition) is 4. The standard InChI is InChI=1S/C4H7N.3CH5N/c1-2-3-4-5;3*1-2/h2-3H2,1H3;3*2H2,1H3. The maximum atomic E-state index is 7.82. The second kappa shape index (κ2) is 117. The van der Waals surface area contributed by atoms with Crippen LogP contribution in [0.1, 0.15) is 19.8 Å². The van der Waals surface area contributed by atoms with Crippen molar-refractivity contribution in [3.63, 3.8) is 0 Å². The van der Waals surface area contributed by atoms with E-state index in [4.69, 9.17) is 5.26 Å². The van der Waals surface area contributed by atoms with Crippen LogP contribution in [0, 0.1) is 11.3 Å². The molecule has 0 aromatic rings. The van der Waals surface area contributed by atoms with Gasteiger partial charge in [-0.05, 0) is 27.6 Å². The molecule has 0 heterocycles. The topological polar surface area (TPSA) is 102 Å². The van der Waals surface area contributed by atoms with Gasteiger partial charge in [-0.2, -0.15) is 5.26 Å². The van der Waals surface area contributed by atoms with Crippen LogP contribution in [0.5, 0.6) is 0 Å². The minimum atomic E-state index is 0.694. The van der Waals surface area contributed by atoms with E-state index >= 15 is 0 Å². The minimum absolute atomic E-state index is 0.694. The van der Waals surface area contributed by atoms with Crippen LogP contribution < -0.4 is 17.2 Å². The van der Waals surface area contributed by atoms with Crippen LogP contribution in [-0.4, -0.2) is 21.1 Å². The first-order chi connectivity index (χ1) is 5.41. The fourth-order valence-corrected chi connectivity index (χ4v) is 0.112. The van der Waals surface area contributed by atoms with E-state index in [-0.39, 0.29) is 0 Å². The van der Waals surface area contributed by atoms with Gasteiger partial charge in [-0.1, -0.05) is 6.92 Å². The highest BCUT2D eigenvalue weighted by Gasteiger charge is 1.65. The molecule has 0 radical (unpaired) electrons. The molecule has 4 nitrogen and oxygen atoms in total. The predicted octanol–water partition coefficient (Wildman–Crippen LogP) is 0.0348. The van der Waals surface area contributed by atoms with E-state index in [1.807, 2.05) is 13.0 Å². The number of nitrogens with two attached hydrogens (primary N) is 3. The third-order valence-corrected chi connectivity index (χ3v) is 0.362. The number of nitrogens with zero attached hydrogens (tertiary/aromatic N) is 1. The monoisotopic (exact) mass is 162 g/mol. The lowest BCUT2D eigenvalue weighted by Gasteiger charge is -1.65. The van der Waals surface area contributed by atoms with Crippen LogP contribution in [0.4, 0.5) is 0 Å². The van der Waals surface area contributed by atoms with E-state index in [2.05, 4.69) is 17.2 Å². The van der Waals surface area contributed by atoms with Crippen molar-refractivity contribution in [1.82, 2.24) is 0 Å². The molecule has 0 rings (SSSR count). The Morgan fingerprint density at radius 1 is 1.00 bits per heavy atom. The lowest BCUT2D eigenvalue weighted by Crippen LogP contribution is -1.69. The van der Waals surface area contributed by atoms with Crippen LogP contribution in [0.15, 0.2) is 0 Å². The highest BCUT2D eigenvalue weighted by molar-refractivity contribution is 4.65. The summed E-state index contributed by atoms with van der Waals surface area (Å²) in [5.41, 5.74) is 13.5. The van der Waals surface area contributed by atoms with Crippen molar-refractivity contribution in [3.05, 3.63) is 0 Å². The number of rotatable bonds is 1. The zero-order valence-electron chi connectivity index (χ0n) is 8.09. The molecule has 4 heteroatoms. The third-order valence-electron chi connectivity index (χ3n) is 0.362. The van der Waals surface area contributed by atoms with Crippen molar-refractivity contribution in [2.45, 2.75) is 19.8 Å². The quantitative estimate of drug-likeness (QED) is 0.506. The average Bonchev–Trinajstić information content (AvgIpc) is 2.16. The molecule has 0 aliphatic heterocycles. The van der Waals surface area contributed by atoms with Crippen LogP contribution in [0.2, 0.25) is 0 Å². The summed E-state index contributed by atoms with van der Waals surface area (Å²) in [5.74, 6) is 0. The largest absolute Gasteiger partial charge is 0.333 e. The van der Waals surface area contributed by atoms with Gasteiger partial charge in [0, 0.05) is 6.42 Å². The first-order valence-corrected chi connectivity index (χ1v) is 3.52. The Labute approximate surface area is 70.4 Å². The normalized spacial score (nSPS) is 4.55. The van der Waals surface area contributed by atoms with Crippen LogP contribution >= 0.6 is 0 Å². The lowest BCUT2D eigenvalue weighted by atomic mass is 10.4. The van der Waals surface area contributed by atoms with Crippen molar-refractivity contribution in [1.29, 1.82) is 5.26 Å². The van der Waals surface area contributed by atoms with Gasteiger partial charge in [0.1, 0.15) is 0 Å². The second-order valence-corrected chi connectivity index (χ2v) is 0.908. The van der Waals surface area contributed by atoms with Gasteiger partial charge in [-0.15, -0.1) is 0 Å². The van der Waals surface area contributed by atoms with Gasteiger partial charge in [0.15, 0.2) is 0 Å². The van der Waals surface area contributed by atoms with Crippen molar-refractivity contribution in [3.8, 4) is 6.07 Å². The smallest absolute Gasteiger partial charge is 0.0621 e. The molecule has 0 spiro atoms. The average molecular weight is 162 g/mol. The SMILES string of the molecule is CCCC#N.CN.CN.CN. The molecule has 6 N–H and O–H groups in total. The number of hydrogen-bond donors (Lipinski definition) is 3. The summed E-state index contributed by atoms with van der Waals surface area (Å²) in [5, 5.41) is 7.82. The number of unbranched alkanes of at least 4 members (excludes halogenated alkanes) is 1. The zero-order chi connectivity index (χ0) is 10.1. The van der Waals surface area contributed by atoms with Gasteiger partial charge in [0.2, 0.25) is 0 Å². The van der Waals surface area contributed by atoms with Crippen molar-refractivity contribution >= 4 is 0 Å². The van der Waals surface area contributed by atoms with Crippen LogP contribution in [0.25, 0.3) is 0 Å². The molecule has 0 fully saturated rings. The summed E-state index contributed by atoms with van der Waals surface area (Å²) < 4.78 is 0. The zero-order valence-corrected chi connectivity index (χ0v) is 8.09. The molecule has 0 bridgehead atoms. The Kier molecular flexibility index (Phi) is 238. The molecule has 0 atom stereocenters.